The lowest BCUT2D eigenvalue weighted by atomic mass is 9.85. The molecule has 7 aromatic carbocycles. The molecule has 12 rings (SSSR count). The zero-order valence-corrected chi connectivity index (χ0v) is 47.0. The Balaban J connectivity index is 1.20. The second-order valence-corrected chi connectivity index (χ2v) is 25.1. The van der Waals surface area contributed by atoms with Gasteiger partial charge in [-0.15, -0.1) is 0 Å². The van der Waals surface area contributed by atoms with Crippen LogP contribution in [0.1, 0.15) is 105 Å². The number of hydrogen-bond donors (Lipinski definition) is 0. The van der Waals surface area contributed by atoms with E-state index in [9.17, 15) is 0 Å². The van der Waals surface area contributed by atoms with E-state index in [0.717, 1.165) is 72.6 Å². The van der Waals surface area contributed by atoms with E-state index >= 15 is 0 Å². The molecule has 0 bridgehead atoms. The molecule has 7 heteroatoms. The van der Waals surface area contributed by atoms with Crippen LogP contribution >= 0.6 is 0 Å². The highest BCUT2D eigenvalue weighted by atomic mass is 15.1. The first-order valence-electron chi connectivity index (χ1n) is 27.3. The molecule has 5 heterocycles. The summed E-state index contributed by atoms with van der Waals surface area (Å²) in [5.41, 5.74) is 17.3. The molecule has 0 radical (unpaired) electrons. The number of aromatic nitrogens is 7. The quantitative estimate of drug-likeness (QED) is 0.159. The Bertz CT molecular complexity index is 3870. The number of nitrogens with zero attached hydrogens (tertiary/aromatic N) is 7. The lowest BCUT2D eigenvalue weighted by molar-refractivity contribution is 0.590. The molecule has 0 saturated carbocycles. The van der Waals surface area contributed by atoms with Crippen molar-refractivity contribution in [1.82, 2.24) is 34.1 Å². The third-order valence-corrected chi connectivity index (χ3v) is 15.5. The Morgan fingerprint density at radius 1 is 0.295 bits per heavy atom. The predicted molar refractivity (Wildman–Crippen MR) is 326 cm³/mol. The lowest BCUT2D eigenvalue weighted by Crippen LogP contribution is -2.10. The Labute approximate surface area is 458 Å². The third-order valence-electron chi connectivity index (χ3n) is 15.5. The smallest absolute Gasteiger partial charge is 0.166 e. The normalized spacial score (nSPS) is 12.6. The molecular formula is C71H67N7. The Morgan fingerprint density at radius 3 is 0.936 bits per heavy atom. The Morgan fingerprint density at radius 2 is 0.615 bits per heavy atom. The summed E-state index contributed by atoms with van der Waals surface area (Å²) >= 11 is 0. The molecule has 386 valence electrons. The summed E-state index contributed by atoms with van der Waals surface area (Å²) < 4.78 is 4.86. The zero-order chi connectivity index (χ0) is 54.5. The largest absolute Gasteiger partial charge is 0.308 e. The first-order valence-corrected chi connectivity index (χ1v) is 27.3. The van der Waals surface area contributed by atoms with Crippen LogP contribution in [-0.4, -0.2) is 34.1 Å². The summed E-state index contributed by atoms with van der Waals surface area (Å²) in [6.07, 6.45) is 3.74. The fourth-order valence-corrected chi connectivity index (χ4v) is 11.1. The minimum atomic E-state index is -0.0624. The minimum Gasteiger partial charge on any atom is -0.308 e. The molecule has 0 amide bonds. The molecule has 7 nitrogen and oxygen atoms in total. The van der Waals surface area contributed by atoms with Crippen LogP contribution in [0.2, 0.25) is 0 Å². The Kier molecular flexibility index (Phi) is 12.0. The van der Waals surface area contributed by atoms with Gasteiger partial charge >= 0.3 is 0 Å². The molecule has 78 heavy (non-hydrogen) atoms. The summed E-state index contributed by atoms with van der Waals surface area (Å²) in [4.78, 5) is 26.8. The van der Waals surface area contributed by atoms with E-state index in [-0.39, 0.29) is 21.7 Å². The maximum absolute atomic E-state index is 5.73. The maximum atomic E-state index is 5.73. The fraction of sp³-hybridized carbons (Fsp3) is 0.225. The standard InChI is InChI=1S/C71H67N7/c1-68(2,3)45-30-34-59-53(40-45)54-41-46(69(4,5)6)31-35-60(54)77(59)63-49(57-28-16-18-38-72-57)24-20-26-51(63)66-74-65(44-22-14-13-15-23-44)75-67(76-66)52-27-21-25-50(58-29-17-19-39-73-58)64(52)78-61-36-32-47(70(7,8)9)42-55(61)56-43-48(71(10,11)12)33-37-62(56)78/h13-43H,1-12H3. The van der Waals surface area contributed by atoms with E-state index in [4.69, 9.17) is 24.9 Å². The number of rotatable bonds is 7. The minimum absolute atomic E-state index is 0.0624. The van der Waals surface area contributed by atoms with Gasteiger partial charge in [-0.1, -0.05) is 174 Å². The third kappa shape index (κ3) is 8.85. The Hall–Kier alpha value is -8.55. The van der Waals surface area contributed by atoms with E-state index < -0.39 is 0 Å². The van der Waals surface area contributed by atoms with Crippen LogP contribution in [0.15, 0.2) is 188 Å². The van der Waals surface area contributed by atoms with E-state index in [2.05, 4.69) is 238 Å². The average molecular weight is 1020 g/mol. The van der Waals surface area contributed by atoms with Crippen molar-refractivity contribution in [2.75, 3.05) is 0 Å². The van der Waals surface area contributed by atoms with Crippen molar-refractivity contribution in [2.24, 2.45) is 0 Å². The molecular weight excluding hydrogens is 951 g/mol. The predicted octanol–water partition coefficient (Wildman–Crippen LogP) is 18.4. The van der Waals surface area contributed by atoms with Crippen LogP contribution in [0.25, 0.3) is 112 Å². The van der Waals surface area contributed by atoms with Gasteiger partial charge in [0.1, 0.15) is 0 Å². The highest BCUT2D eigenvalue weighted by Crippen LogP contribution is 2.46. The van der Waals surface area contributed by atoms with Crippen LogP contribution in [-0.2, 0) is 21.7 Å². The molecule has 0 spiro atoms. The second-order valence-electron chi connectivity index (χ2n) is 25.1. The van der Waals surface area contributed by atoms with Crippen molar-refractivity contribution in [3.8, 4) is 68.1 Å². The van der Waals surface area contributed by atoms with Crippen molar-refractivity contribution >= 4 is 43.6 Å². The fourth-order valence-electron chi connectivity index (χ4n) is 11.1. The van der Waals surface area contributed by atoms with Crippen molar-refractivity contribution in [3.05, 3.63) is 211 Å². The average Bonchev–Trinajstić information content (AvgIpc) is 4.00. The van der Waals surface area contributed by atoms with Crippen LogP contribution in [0, 0.1) is 0 Å². The van der Waals surface area contributed by atoms with E-state index in [1.807, 2.05) is 42.7 Å². The molecule has 12 aromatic rings. The van der Waals surface area contributed by atoms with E-state index in [1.165, 1.54) is 43.8 Å². The van der Waals surface area contributed by atoms with Gasteiger partial charge in [-0.3, -0.25) is 9.97 Å². The molecule has 0 saturated heterocycles. The molecule has 0 fully saturated rings. The summed E-state index contributed by atoms with van der Waals surface area (Å²) in [6.45, 7) is 27.4. The van der Waals surface area contributed by atoms with Gasteiger partial charge in [-0.05, 0) is 129 Å². The molecule has 0 aliphatic carbocycles. The lowest BCUT2D eigenvalue weighted by Gasteiger charge is -2.21. The van der Waals surface area contributed by atoms with Crippen LogP contribution < -0.4 is 0 Å². The highest BCUT2D eigenvalue weighted by Gasteiger charge is 2.29. The molecule has 0 unspecified atom stereocenters. The second kappa shape index (κ2) is 18.6. The summed E-state index contributed by atoms with van der Waals surface area (Å²) in [6, 6.07) is 63.4. The van der Waals surface area contributed by atoms with Crippen LogP contribution in [0.5, 0.6) is 0 Å². The van der Waals surface area contributed by atoms with Crippen molar-refractivity contribution in [2.45, 2.75) is 105 Å². The molecule has 5 aromatic heterocycles. The van der Waals surface area contributed by atoms with Gasteiger partial charge in [0.25, 0.3) is 0 Å². The molecule has 0 atom stereocenters. The van der Waals surface area contributed by atoms with Gasteiger partial charge in [-0.2, -0.15) is 0 Å². The number of para-hydroxylation sites is 2. The summed E-state index contributed by atoms with van der Waals surface area (Å²) in [5, 5.41) is 4.77. The highest BCUT2D eigenvalue weighted by molar-refractivity contribution is 6.12. The molecule has 0 aliphatic heterocycles. The number of hydrogen-bond acceptors (Lipinski definition) is 5. The van der Waals surface area contributed by atoms with E-state index in [1.54, 1.807) is 0 Å². The first-order chi connectivity index (χ1) is 37.2. The van der Waals surface area contributed by atoms with Crippen molar-refractivity contribution in [3.63, 3.8) is 0 Å². The van der Waals surface area contributed by atoms with Gasteiger partial charge in [0.15, 0.2) is 17.5 Å². The van der Waals surface area contributed by atoms with Gasteiger partial charge in [-0.25, -0.2) is 15.0 Å². The molecule has 0 N–H and O–H groups in total. The zero-order valence-electron chi connectivity index (χ0n) is 47.0. The van der Waals surface area contributed by atoms with Crippen LogP contribution in [0.3, 0.4) is 0 Å². The molecule has 0 aliphatic rings. The topological polar surface area (TPSA) is 74.3 Å². The SMILES string of the molecule is CC(C)(C)c1ccc2c(c1)c1cc(C(C)(C)C)ccc1n2-c1c(-c2ccccn2)cccc1-c1nc(-c2ccccc2)nc(-c2cccc(-c3ccccn3)c2-n2c3ccc(C(C)(C)C)cc3c3cc(C(C)(C)C)ccc32)n1. The van der Waals surface area contributed by atoms with Crippen molar-refractivity contribution in [1.29, 1.82) is 0 Å². The van der Waals surface area contributed by atoms with Gasteiger partial charge < -0.3 is 9.13 Å². The van der Waals surface area contributed by atoms with Gasteiger partial charge in [0.05, 0.1) is 44.8 Å². The maximum Gasteiger partial charge on any atom is 0.166 e. The number of fused-ring (bicyclic) bond motifs is 6. The number of pyridine rings is 2. The summed E-state index contributed by atoms with van der Waals surface area (Å²) in [7, 11) is 0. The number of benzene rings is 7. The van der Waals surface area contributed by atoms with Crippen LogP contribution in [0.4, 0.5) is 0 Å². The summed E-state index contributed by atoms with van der Waals surface area (Å²) in [5.74, 6) is 1.65. The van der Waals surface area contributed by atoms with Gasteiger partial charge in [0.2, 0.25) is 0 Å². The first kappa shape index (κ1) is 50.3. The van der Waals surface area contributed by atoms with Gasteiger partial charge in [0, 0.05) is 61.8 Å². The van der Waals surface area contributed by atoms with Crippen molar-refractivity contribution < 1.29 is 0 Å². The van der Waals surface area contributed by atoms with E-state index in [0.29, 0.717) is 17.5 Å². The monoisotopic (exact) mass is 1020 g/mol.